The third kappa shape index (κ3) is 8.80. The Bertz CT molecular complexity index is 743. The number of aliphatic hydroxyl groups is 1. The number of aliphatic hydroxyl groups excluding tert-OH is 1. The lowest BCUT2D eigenvalue weighted by Gasteiger charge is -2.14. The Morgan fingerprint density at radius 1 is 1.17 bits per heavy atom. The third-order valence-corrected chi connectivity index (χ3v) is 4.40. The number of aliphatic carboxylic acids is 2. The number of aromatic nitrogens is 1. The summed E-state index contributed by atoms with van der Waals surface area (Å²) >= 11 is 0. The van der Waals surface area contributed by atoms with E-state index in [-0.39, 0.29) is 38.3 Å². The van der Waals surface area contributed by atoms with E-state index in [0.29, 0.717) is 24.0 Å². The minimum absolute atomic E-state index is 0.0740. The van der Waals surface area contributed by atoms with Gasteiger partial charge < -0.3 is 31.9 Å². The number of rotatable bonds is 14. The number of nitrogens with two attached hydrogens (primary N) is 2. The topological polar surface area (TPSA) is 213 Å². The molecule has 1 rings (SSSR count). The molecule has 0 saturated carbocycles. The van der Waals surface area contributed by atoms with Crippen LogP contribution in [0.4, 0.5) is 0 Å². The van der Waals surface area contributed by atoms with E-state index < -0.39 is 30.1 Å². The van der Waals surface area contributed by atoms with Gasteiger partial charge in [-0.3, -0.25) is 14.6 Å². The smallest absolute Gasteiger partial charge is 0.320 e. The van der Waals surface area contributed by atoms with Crippen LogP contribution in [0.25, 0.3) is 0 Å². The average Bonchev–Trinajstić information content (AvgIpc) is 2.67. The Hall–Kier alpha value is -2.64. The van der Waals surface area contributed by atoms with Crippen LogP contribution in [0.5, 0.6) is 5.75 Å². The normalized spacial score (nSPS) is 14.5. The number of hydrogen-bond acceptors (Lipinski definition) is 9. The van der Waals surface area contributed by atoms with Crippen LogP contribution in [0.1, 0.15) is 30.4 Å². The number of hydrogen-bond donors (Lipinski definition) is 7. The molecule has 3 atom stereocenters. The minimum Gasteiger partial charge on any atom is -0.503 e. The zero-order valence-electron chi connectivity index (χ0n) is 16.4. The second-order valence-electron chi connectivity index (χ2n) is 6.83. The number of aromatic hydroxyl groups is 1. The van der Waals surface area contributed by atoms with E-state index >= 15 is 0 Å². The fourth-order valence-corrected chi connectivity index (χ4v) is 2.81. The molecule has 30 heavy (non-hydrogen) atoms. The summed E-state index contributed by atoms with van der Waals surface area (Å²) < 4.78 is 1.53. The van der Waals surface area contributed by atoms with Crippen molar-refractivity contribution in [1.29, 1.82) is 0 Å². The minimum atomic E-state index is -1.20. The van der Waals surface area contributed by atoms with Gasteiger partial charge >= 0.3 is 11.9 Å². The average molecular weight is 429 g/mol. The molecular formula is C18H29N4O8+. The summed E-state index contributed by atoms with van der Waals surface area (Å²) in [5.41, 5.74) is 12.0. The first-order valence-electron chi connectivity index (χ1n) is 9.29. The van der Waals surface area contributed by atoms with Crippen LogP contribution in [0, 0.1) is 0 Å². The highest BCUT2D eigenvalue weighted by atomic mass is 17.1. The number of nitrogens with zero attached hydrogens (tertiary/aromatic N) is 2. The quantitative estimate of drug-likeness (QED) is 0.0798. The molecule has 0 radical (unpaired) electrons. The van der Waals surface area contributed by atoms with E-state index in [2.05, 4.69) is 9.88 Å². The fourth-order valence-electron chi connectivity index (χ4n) is 2.81. The maximum Gasteiger partial charge on any atom is 0.320 e. The van der Waals surface area contributed by atoms with E-state index in [1.54, 1.807) is 6.20 Å². The van der Waals surface area contributed by atoms with Crippen molar-refractivity contribution in [2.75, 3.05) is 6.73 Å². The zero-order chi connectivity index (χ0) is 22.7. The molecular weight excluding hydrogens is 400 g/mol. The number of pyridine rings is 1. The van der Waals surface area contributed by atoms with Gasteiger partial charge in [0.25, 0.3) is 0 Å². The summed E-state index contributed by atoms with van der Waals surface area (Å²) in [6, 6.07) is -2.28. The second kappa shape index (κ2) is 12.8. The van der Waals surface area contributed by atoms with Gasteiger partial charge in [-0.15, -0.1) is 0 Å². The Morgan fingerprint density at radius 3 is 2.43 bits per heavy atom. The first-order chi connectivity index (χ1) is 14.1. The van der Waals surface area contributed by atoms with Gasteiger partial charge in [-0.1, -0.05) is 0 Å². The summed E-state index contributed by atoms with van der Waals surface area (Å²) in [5, 5.41) is 46.7. The first kappa shape index (κ1) is 25.4. The Morgan fingerprint density at radius 2 is 1.83 bits per heavy atom. The molecule has 0 aromatic carbocycles. The van der Waals surface area contributed by atoms with Crippen molar-refractivity contribution >= 4 is 18.2 Å². The van der Waals surface area contributed by atoms with Crippen LogP contribution in [0.15, 0.2) is 17.4 Å². The van der Waals surface area contributed by atoms with Crippen LogP contribution in [-0.4, -0.2) is 68.8 Å². The maximum absolute atomic E-state index is 11.1. The van der Waals surface area contributed by atoms with Gasteiger partial charge in [0.15, 0.2) is 25.2 Å². The molecule has 0 fully saturated rings. The molecule has 0 aliphatic rings. The highest BCUT2D eigenvalue weighted by Gasteiger charge is 2.23. The molecule has 0 spiro atoms. The molecule has 168 valence electrons. The van der Waals surface area contributed by atoms with Gasteiger partial charge in [0.1, 0.15) is 18.2 Å². The predicted molar refractivity (Wildman–Crippen MR) is 104 cm³/mol. The maximum atomic E-state index is 11.1. The van der Waals surface area contributed by atoms with Crippen molar-refractivity contribution in [3.63, 3.8) is 0 Å². The Kier molecular flexibility index (Phi) is 10.9. The molecule has 9 N–H and O–H groups in total. The summed E-state index contributed by atoms with van der Waals surface area (Å²) in [7, 11) is 0. The van der Waals surface area contributed by atoms with Gasteiger partial charge in [0.2, 0.25) is 6.20 Å². The van der Waals surface area contributed by atoms with Gasteiger partial charge in [-0.05, 0) is 25.7 Å². The van der Waals surface area contributed by atoms with Crippen molar-refractivity contribution < 1.29 is 44.7 Å². The Labute approximate surface area is 173 Å². The second-order valence-corrected chi connectivity index (χ2v) is 6.83. The summed E-state index contributed by atoms with van der Waals surface area (Å²) in [6.07, 6.45) is 4.55. The van der Waals surface area contributed by atoms with E-state index in [9.17, 15) is 19.8 Å². The molecule has 3 unspecified atom stereocenters. The number of carboxylic acids is 2. The molecule has 1 aromatic rings. The van der Waals surface area contributed by atoms with Crippen molar-refractivity contribution in [3.05, 3.63) is 23.5 Å². The summed E-state index contributed by atoms with van der Waals surface area (Å²) in [4.78, 5) is 29.5. The molecule has 0 amide bonds. The lowest BCUT2D eigenvalue weighted by Crippen LogP contribution is -2.41. The van der Waals surface area contributed by atoms with Crippen LogP contribution in [0.2, 0.25) is 0 Å². The number of aryl methyl sites for hydroxylation is 1. The van der Waals surface area contributed by atoms with E-state index in [0.717, 1.165) is 0 Å². The Balaban J connectivity index is 2.97. The van der Waals surface area contributed by atoms with Crippen molar-refractivity contribution in [2.24, 2.45) is 16.5 Å². The van der Waals surface area contributed by atoms with Crippen molar-refractivity contribution in [2.45, 2.75) is 56.8 Å². The van der Waals surface area contributed by atoms with Crippen molar-refractivity contribution in [3.8, 4) is 5.75 Å². The van der Waals surface area contributed by atoms with E-state index in [1.165, 1.54) is 17.0 Å². The molecule has 1 heterocycles. The highest BCUT2D eigenvalue weighted by Crippen LogP contribution is 2.22. The largest absolute Gasteiger partial charge is 0.503 e. The SMILES string of the molecule is NC(CCC(O)C[n+]1cc(O)c(CC(N)C(=O)O)c(CC/C=N/COO)c1)C(=O)O. The van der Waals surface area contributed by atoms with Crippen LogP contribution in [0.3, 0.4) is 0 Å². The lowest BCUT2D eigenvalue weighted by molar-refractivity contribution is -0.704. The highest BCUT2D eigenvalue weighted by molar-refractivity contribution is 5.74. The molecule has 12 heteroatoms. The van der Waals surface area contributed by atoms with Crippen molar-refractivity contribution in [1.82, 2.24) is 0 Å². The first-order valence-corrected chi connectivity index (χ1v) is 9.29. The zero-order valence-corrected chi connectivity index (χ0v) is 16.4. The van der Waals surface area contributed by atoms with Gasteiger partial charge in [-0.2, -0.15) is 4.57 Å². The van der Waals surface area contributed by atoms with E-state index in [1.807, 2.05) is 0 Å². The van der Waals surface area contributed by atoms with Crippen LogP contribution >= 0.6 is 0 Å². The fraction of sp³-hybridized carbons (Fsp3) is 0.556. The van der Waals surface area contributed by atoms with E-state index in [4.69, 9.17) is 26.9 Å². The standard InChI is InChI=1S/C18H28N4O8/c19-14(17(25)26)4-3-12(23)8-22-7-11(2-1-5-21-10-30-29)13(16(24)9-22)6-15(20)18(27)28/h5,7,9,12,14-15,23H,1-4,6,8,10,19-20H2,(H3-,24,25,26,27,28,29)/p+1/b21-5+. The number of carbonyl (C=O) groups is 2. The summed E-state index contributed by atoms with van der Waals surface area (Å²) in [5.74, 6) is -2.53. The van der Waals surface area contributed by atoms with Crippen LogP contribution < -0.4 is 16.0 Å². The molecule has 0 aliphatic heterocycles. The monoisotopic (exact) mass is 429 g/mol. The van der Waals surface area contributed by atoms with Gasteiger partial charge in [-0.25, -0.2) is 10.1 Å². The molecule has 12 nitrogen and oxygen atoms in total. The predicted octanol–water partition coefficient (Wildman–Crippen LogP) is -1.36. The molecule has 1 aromatic heterocycles. The van der Waals surface area contributed by atoms with Gasteiger partial charge in [0, 0.05) is 23.8 Å². The third-order valence-electron chi connectivity index (χ3n) is 4.40. The lowest BCUT2D eigenvalue weighted by atomic mass is 9.98. The molecule has 0 saturated heterocycles. The number of carboxylic acid groups (broad SMARTS) is 2. The summed E-state index contributed by atoms with van der Waals surface area (Å²) in [6.45, 7) is -0.147. The van der Waals surface area contributed by atoms with Gasteiger partial charge in [0.05, 0.1) is 0 Å². The number of aliphatic imine (C=N–C) groups is 1. The molecule has 0 bridgehead atoms. The van der Waals surface area contributed by atoms with Crippen LogP contribution in [-0.2, 0) is 33.9 Å². The molecule has 0 aliphatic carbocycles.